The lowest BCUT2D eigenvalue weighted by molar-refractivity contribution is -0.139. The maximum atomic E-state index is 12.4. The molecule has 2 rings (SSSR count). The minimum absolute atomic E-state index is 0.00571. The molecule has 7 nitrogen and oxygen atoms in total. The smallest absolute Gasteiger partial charge is 0.355 e. The van der Waals surface area contributed by atoms with E-state index in [1.807, 2.05) is 0 Å². The molecule has 0 aromatic heterocycles. The van der Waals surface area contributed by atoms with E-state index in [9.17, 15) is 19.5 Å². The summed E-state index contributed by atoms with van der Waals surface area (Å²) in [7, 11) is 2.30. The number of nitrogens with zero attached hydrogens (tertiary/aromatic N) is 1. The van der Waals surface area contributed by atoms with Crippen molar-refractivity contribution in [1.82, 2.24) is 0 Å². The van der Waals surface area contributed by atoms with Crippen LogP contribution in [0.3, 0.4) is 0 Å². The van der Waals surface area contributed by atoms with E-state index in [1.54, 1.807) is 0 Å². The van der Waals surface area contributed by atoms with Gasteiger partial charge in [-0.2, -0.15) is 0 Å². The predicted molar refractivity (Wildman–Crippen MR) is 95.2 cm³/mol. The molecular weight excluding hydrogens is 385 g/mol. The number of aromatic carboxylic acids is 1. The molecule has 136 valence electrons. The van der Waals surface area contributed by atoms with Crippen molar-refractivity contribution in [2.45, 2.75) is 0 Å². The van der Waals surface area contributed by atoms with Crippen molar-refractivity contribution in [3.05, 3.63) is 63.4 Å². The van der Waals surface area contributed by atoms with Gasteiger partial charge in [0.2, 0.25) is 0 Å². The molecule has 0 bridgehead atoms. The van der Waals surface area contributed by atoms with Gasteiger partial charge < -0.3 is 19.5 Å². The van der Waals surface area contributed by atoms with Crippen molar-refractivity contribution in [3.63, 3.8) is 0 Å². The second-order valence-electron chi connectivity index (χ2n) is 4.91. The number of carboxylic acids is 1. The van der Waals surface area contributed by atoms with Gasteiger partial charge in [0.25, 0.3) is 0 Å². The largest absolute Gasteiger partial charge is 0.478 e. The van der Waals surface area contributed by atoms with Crippen LogP contribution in [0.1, 0.15) is 10.4 Å². The van der Waals surface area contributed by atoms with Crippen LogP contribution in [-0.2, 0) is 19.1 Å². The Kier molecular flexibility index (Phi) is 6.07. The number of methoxy groups -OCH3 is 2. The first kappa shape index (κ1) is 19.6. The maximum absolute atomic E-state index is 12.4. The van der Waals surface area contributed by atoms with Gasteiger partial charge >= 0.3 is 17.9 Å². The molecule has 1 N–H and O–H groups in total. The molecule has 0 fully saturated rings. The molecule has 0 aliphatic carbocycles. The number of allylic oxidation sites excluding steroid dienone is 2. The first-order valence-corrected chi connectivity index (χ1v) is 7.84. The molecule has 0 spiro atoms. The van der Waals surface area contributed by atoms with Crippen molar-refractivity contribution >= 4 is 46.8 Å². The molecule has 9 heteroatoms. The third-order valence-corrected chi connectivity index (χ3v) is 4.20. The van der Waals surface area contributed by atoms with Crippen LogP contribution in [0, 0.1) is 0 Å². The third kappa shape index (κ3) is 3.74. The zero-order chi connectivity index (χ0) is 19.4. The number of hydrogen-bond donors (Lipinski definition) is 1. The fourth-order valence-corrected chi connectivity index (χ4v) is 2.64. The van der Waals surface area contributed by atoms with Crippen LogP contribution in [0.2, 0.25) is 10.0 Å². The summed E-state index contributed by atoms with van der Waals surface area (Å²) in [6.07, 6.45) is 5.81. The van der Waals surface area contributed by atoms with Gasteiger partial charge in [0.1, 0.15) is 5.70 Å². The lowest BCUT2D eigenvalue weighted by Gasteiger charge is -2.24. The molecule has 1 aliphatic rings. The Bertz CT molecular complexity index is 872. The van der Waals surface area contributed by atoms with Crippen molar-refractivity contribution in [2.75, 3.05) is 19.1 Å². The van der Waals surface area contributed by atoms with Crippen molar-refractivity contribution in [1.29, 1.82) is 0 Å². The quantitative estimate of drug-likeness (QED) is 0.779. The van der Waals surface area contributed by atoms with Crippen molar-refractivity contribution in [2.24, 2.45) is 0 Å². The van der Waals surface area contributed by atoms with E-state index in [0.717, 1.165) is 14.2 Å². The van der Waals surface area contributed by atoms with Crippen molar-refractivity contribution in [3.8, 4) is 0 Å². The van der Waals surface area contributed by atoms with Gasteiger partial charge in [0.15, 0.2) is 0 Å². The zero-order valence-corrected chi connectivity index (χ0v) is 15.2. The average Bonchev–Trinajstić information content (AvgIpc) is 2.85. The van der Waals surface area contributed by atoms with Crippen molar-refractivity contribution < 1.29 is 29.0 Å². The third-order valence-electron chi connectivity index (χ3n) is 3.40. The lowest BCUT2D eigenvalue weighted by atomic mass is 10.1. The molecule has 1 aromatic carbocycles. The number of esters is 2. The highest BCUT2D eigenvalue weighted by atomic mass is 35.5. The first-order valence-electron chi connectivity index (χ1n) is 7.09. The second-order valence-corrected chi connectivity index (χ2v) is 5.70. The van der Waals surface area contributed by atoms with Crippen LogP contribution in [-0.4, -0.2) is 37.2 Å². The Morgan fingerprint density at radius 1 is 1.04 bits per heavy atom. The van der Waals surface area contributed by atoms with Gasteiger partial charge in [-0.3, -0.25) is 0 Å². The molecule has 0 atom stereocenters. The summed E-state index contributed by atoms with van der Waals surface area (Å²) in [6, 6.07) is 2.41. The summed E-state index contributed by atoms with van der Waals surface area (Å²) in [5, 5.41) is 9.21. The Labute approximate surface area is 158 Å². The van der Waals surface area contributed by atoms with Crippen LogP contribution >= 0.6 is 23.2 Å². The average molecular weight is 398 g/mol. The normalized spacial score (nSPS) is 13.5. The molecule has 0 unspecified atom stereocenters. The molecule has 1 heterocycles. The Morgan fingerprint density at radius 2 is 1.69 bits per heavy atom. The minimum atomic E-state index is -1.24. The summed E-state index contributed by atoms with van der Waals surface area (Å²) in [4.78, 5) is 37.0. The highest BCUT2D eigenvalue weighted by molar-refractivity contribution is 6.44. The van der Waals surface area contributed by atoms with Gasteiger partial charge in [-0.1, -0.05) is 29.3 Å². The summed E-state index contributed by atoms with van der Waals surface area (Å²) in [5.74, 6) is -2.87. The van der Waals surface area contributed by atoms with E-state index in [4.69, 9.17) is 32.7 Å². The number of carbonyl (C=O) groups is 3. The number of benzene rings is 1. The maximum Gasteiger partial charge on any atom is 0.355 e. The molecule has 0 saturated heterocycles. The summed E-state index contributed by atoms with van der Waals surface area (Å²) in [6.45, 7) is 0. The van der Waals surface area contributed by atoms with Crippen LogP contribution in [0.4, 0.5) is 5.69 Å². The number of carbonyl (C=O) groups excluding carboxylic acids is 2. The molecular formula is C17H13Cl2NO6. The van der Waals surface area contributed by atoms with E-state index >= 15 is 0 Å². The fraction of sp³-hybridized carbons (Fsp3) is 0.118. The van der Waals surface area contributed by atoms with E-state index in [0.29, 0.717) is 0 Å². The van der Waals surface area contributed by atoms with Gasteiger partial charge in [0.05, 0.1) is 41.1 Å². The number of halogens is 2. The molecule has 26 heavy (non-hydrogen) atoms. The molecule has 0 amide bonds. The van der Waals surface area contributed by atoms with Gasteiger partial charge in [-0.05, 0) is 24.3 Å². The molecule has 0 saturated carbocycles. The van der Waals surface area contributed by atoms with E-state index < -0.39 is 17.9 Å². The SMILES string of the molecule is COC(=O)C1=C(C(=O)OC)N(c2cc(C(=O)O)cc(Cl)c2Cl)C=CC=C1. The van der Waals surface area contributed by atoms with Gasteiger partial charge in [0, 0.05) is 6.20 Å². The molecule has 0 radical (unpaired) electrons. The number of hydrogen-bond acceptors (Lipinski definition) is 6. The van der Waals surface area contributed by atoms with E-state index in [2.05, 4.69) is 0 Å². The summed E-state index contributed by atoms with van der Waals surface area (Å²) >= 11 is 12.2. The molecule has 1 aromatic rings. The van der Waals surface area contributed by atoms with Gasteiger partial charge in [-0.25, -0.2) is 14.4 Å². The standard InChI is InChI=1S/C17H13Cl2NO6/c1-25-16(23)10-5-3-4-6-20(14(10)17(24)26-2)12-8-9(15(21)22)7-11(18)13(12)19/h3-8H,1-2H3,(H,21,22). The fourth-order valence-electron chi connectivity index (χ4n) is 2.22. The summed E-state index contributed by atoms with van der Waals surface area (Å²) in [5.41, 5.74) is -0.371. The van der Waals surface area contributed by atoms with E-state index in [-0.39, 0.29) is 32.6 Å². The highest BCUT2D eigenvalue weighted by Gasteiger charge is 2.29. The van der Waals surface area contributed by atoms with Crippen LogP contribution in [0.25, 0.3) is 0 Å². The topological polar surface area (TPSA) is 93.1 Å². The Balaban J connectivity index is 2.79. The Morgan fingerprint density at radius 3 is 2.27 bits per heavy atom. The minimum Gasteiger partial charge on any atom is -0.478 e. The predicted octanol–water partition coefficient (Wildman–Crippen LogP) is 3.18. The zero-order valence-electron chi connectivity index (χ0n) is 13.7. The lowest BCUT2D eigenvalue weighted by Crippen LogP contribution is -2.27. The number of carboxylic acid groups (broad SMARTS) is 1. The monoisotopic (exact) mass is 397 g/mol. The number of rotatable bonds is 4. The Hall–Kier alpha value is -2.77. The van der Waals surface area contributed by atoms with Crippen LogP contribution in [0.5, 0.6) is 0 Å². The number of ether oxygens (including phenoxy) is 2. The second kappa shape index (κ2) is 8.07. The van der Waals surface area contributed by atoms with Crippen LogP contribution < -0.4 is 4.90 Å². The first-order chi connectivity index (χ1) is 12.3. The molecule has 1 aliphatic heterocycles. The van der Waals surface area contributed by atoms with Gasteiger partial charge in [-0.15, -0.1) is 0 Å². The highest BCUT2D eigenvalue weighted by Crippen LogP contribution is 2.37. The van der Waals surface area contributed by atoms with E-state index in [1.165, 1.54) is 41.5 Å². The summed E-state index contributed by atoms with van der Waals surface area (Å²) < 4.78 is 9.47. The number of anilines is 1. The van der Waals surface area contributed by atoms with Crippen LogP contribution in [0.15, 0.2) is 47.8 Å².